The highest BCUT2D eigenvalue weighted by Crippen LogP contribution is 2.46. The number of rotatable bonds is 2. The molecule has 0 aromatic rings. The third kappa shape index (κ3) is 1.58. The van der Waals surface area contributed by atoms with Crippen molar-refractivity contribution in [2.24, 2.45) is 17.3 Å². The first-order valence-electron chi connectivity index (χ1n) is 4.71. The average Bonchev–Trinajstić information content (AvgIpc) is 2.33. The first-order valence-corrected chi connectivity index (χ1v) is 4.71. The van der Waals surface area contributed by atoms with Gasteiger partial charge in [0.2, 0.25) is 0 Å². The Balaban J connectivity index is 2.62. The van der Waals surface area contributed by atoms with Crippen LogP contribution in [0.15, 0.2) is 0 Å². The van der Waals surface area contributed by atoms with Gasteiger partial charge in [-0.1, -0.05) is 27.2 Å². The molecule has 1 aliphatic carbocycles. The van der Waals surface area contributed by atoms with Crippen LogP contribution >= 0.6 is 0 Å². The molecule has 2 atom stereocenters. The highest BCUT2D eigenvalue weighted by Gasteiger charge is 2.39. The Hall–Kier alpha value is -0.0400. The molecule has 0 amide bonds. The first kappa shape index (κ1) is 9.05. The zero-order valence-electron chi connectivity index (χ0n) is 7.93. The quantitative estimate of drug-likeness (QED) is 0.651. The molecular weight excluding hydrogens is 136 g/mol. The van der Waals surface area contributed by atoms with E-state index in [4.69, 9.17) is 0 Å². The van der Waals surface area contributed by atoms with Gasteiger partial charge in [0.1, 0.15) is 0 Å². The van der Waals surface area contributed by atoms with Gasteiger partial charge in [0, 0.05) is 6.61 Å². The number of hydrogen-bond acceptors (Lipinski definition) is 1. The minimum absolute atomic E-state index is 0.263. The van der Waals surface area contributed by atoms with Crippen molar-refractivity contribution in [3.8, 4) is 0 Å². The SMILES string of the molecule is CC(C)[C@@]1(CO)CC[C@H](C)C1. The Kier molecular flexibility index (Phi) is 2.58. The Morgan fingerprint density at radius 1 is 1.55 bits per heavy atom. The molecule has 0 aliphatic heterocycles. The van der Waals surface area contributed by atoms with Crippen LogP contribution in [0.5, 0.6) is 0 Å². The van der Waals surface area contributed by atoms with Gasteiger partial charge in [-0.05, 0) is 30.1 Å². The average molecular weight is 156 g/mol. The van der Waals surface area contributed by atoms with E-state index in [2.05, 4.69) is 20.8 Å². The summed E-state index contributed by atoms with van der Waals surface area (Å²) in [6.07, 6.45) is 3.75. The van der Waals surface area contributed by atoms with Crippen LogP contribution in [0.3, 0.4) is 0 Å². The smallest absolute Gasteiger partial charge is 0.0489 e. The lowest BCUT2D eigenvalue weighted by molar-refractivity contribution is 0.0793. The van der Waals surface area contributed by atoms with Gasteiger partial charge in [0.15, 0.2) is 0 Å². The van der Waals surface area contributed by atoms with E-state index < -0.39 is 0 Å². The van der Waals surface area contributed by atoms with Gasteiger partial charge in [0.05, 0.1) is 0 Å². The monoisotopic (exact) mass is 156 g/mol. The van der Waals surface area contributed by atoms with Crippen molar-refractivity contribution >= 4 is 0 Å². The van der Waals surface area contributed by atoms with Gasteiger partial charge in [0.25, 0.3) is 0 Å². The van der Waals surface area contributed by atoms with Crippen molar-refractivity contribution in [2.45, 2.75) is 40.0 Å². The van der Waals surface area contributed by atoms with E-state index in [1.807, 2.05) is 0 Å². The van der Waals surface area contributed by atoms with Crippen LogP contribution in [0.4, 0.5) is 0 Å². The van der Waals surface area contributed by atoms with E-state index in [1.165, 1.54) is 19.3 Å². The van der Waals surface area contributed by atoms with Crippen LogP contribution in [0.2, 0.25) is 0 Å². The van der Waals surface area contributed by atoms with Gasteiger partial charge in [-0.2, -0.15) is 0 Å². The number of aliphatic hydroxyl groups is 1. The highest BCUT2D eigenvalue weighted by molar-refractivity contribution is 4.89. The number of aliphatic hydroxyl groups excluding tert-OH is 1. The third-order valence-corrected chi connectivity index (χ3v) is 3.43. The molecule has 1 rings (SSSR count). The molecule has 1 aliphatic rings. The van der Waals surface area contributed by atoms with Gasteiger partial charge in [-0.25, -0.2) is 0 Å². The molecule has 0 saturated heterocycles. The van der Waals surface area contributed by atoms with E-state index >= 15 is 0 Å². The molecule has 0 spiro atoms. The predicted octanol–water partition coefficient (Wildman–Crippen LogP) is 2.44. The first-order chi connectivity index (χ1) is 5.10. The molecule has 1 fully saturated rings. The van der Waals surface area contributed by atoms with Crippen molar-refractivity contribution in [3.05, 3.63) is 0 Å². The molecule has 1 N–H and O–H groups in total. The lowest BCUT2D eigenvalue weighted by Crippen LogP contribution is -2.28. The van der Waals surface area contributed by atoms with Crippen LogP contribution < -0.4 is 0 Å². The topological polar surface area (TPSA) is 20.2 Å². The predicted molar refractivity (Wildman–Crippen MR) is 47.4 cm³/mol. The highest BCUT2D eigenvalue weighted by atomic mass is 16.3. The van der Waals surface area contributed by atoms with Crippen molar-refractivity contribution in [1.29, 1.82) is 0 Å². The van der Waals surface area contributed by atoms with Gasteiger partial charge >= 0.3 is 0 Å². The summed E-state index contributed by atoms with van der Waals surface area (Å²) in [5.41, 5.74) is 0.263. The molecule has 1 heteroatoms. The lowest BCUT2D eigenvalue weighted by atomic mass is 9.76. The second kappa shape index (κ2) is 3.14. The van der Waals surface area contributed by atoms with Crippen molar-refractivity contribution in [2.75, 3.05) is 6.61 Å². The van der Waals surface area contributed by atoms with Crippen LogP contribution in [-0.2, 0) is 0 Å². The fraction of sp³-hybridized carbons (Fsp3) is 1.00. The maximum absolute atomic E-state index is 9.30. The molecule has 0 bridgehead atoms. The van der Waals surface area contributed by atoms with Crippen molar-refractivity contribution in [3.63, 3.8) is 0 Å². The fourth-order valence-corrected chi connectivity index (χ4v) is 2.28. The minimum atomic E-state index is 0.263. The summed E-state index contributed by atoms with van der Waals surface area (Å²) in [4.78, 5) is 0. The summed E-state index contributed by atoms with van der Waals surface area (Å²) in [6, 6.07) is 0. The molecule has 0 heterocycles. The molecule has 0 unspecified atom stereocenters. The van der Waals surface area contributed by atoms with Crippen molar-refractivity contribution in [1.82, 2.24) is 0 Å². The van der Waals surface area contributed by atoms with Crippen LogP contribution in [-0.4, -0.2) is 11.7 Å². The summed E-state index contributed by atoms with van der Waals surface area (Å²) in [6.45, 7) is 7.14. The van der Waals surface area contributed by atoms with Gasteiger partial charge < -0.3 is 5.11 Å². The van der Waals surface area contributed by atoms with E-state index in [1.54, 1.807) is 0 Å². The zero-order chi connectivity index (χ0) is 8.48. The summed E-state index contributed by atoms with van der Waals surface area (Å²) >= 11 is 0. The second-order valence-electron chi connectivity index (χ2n) is 4.52. The van der Waals surface area contributed by atoms with E-state index in [0.717, 1.165) is 5.92 Å². The number of hydrogen-bond donors (Lipinski definition) is 1. The summed E-state index contributed by atoms with van der Waals surface area (Å²) in [5.74, 6) is 1.46. The Labute approximate surface area is 69.8 Å². The molecule has 11 heavy (non-hydrogen) atoms. The standard InChI is InChI=1S/C10H20O/c1-8(2)10(7-11)5-4-9(3)6-10/h8-9,11H,4-7H2,1-3H3/t9-,10-/m0/s1. The van der Waals surface area contributed by atoms with E-state index in [0.29, 0.717) is 12.5 Å². The van der Waals surface area contributed by atoms with Gasteiger partial charge in [-0.3, -0.25) is 0 Å². The fourth-order valence-electron chi connectivity index (χ4n) is 2.28. The second-order valence-corrected chi connectivity index (χ2v) is 4.52. The molecule has 0 radical (unpaired) electrons. The maximum Gasteiger partial charge on any atom is 0.0489 e. The Morgan fingerprint density at radius 3 is 2.36 bits per heavy atom. The molecule has 66 valence electrons. The van der Waals surface area contributed by atoms with E-state index in [-0.39, 0.29) is 5.41 Å². The van der Waals surface area contributed by atoms with Crippen LogP contribution in [0.1, 0.15) is 40.0 Å². The lowest BCUT2D eigenvalue weighted by Gasteiger charge is -2.31. The van der Waals surface area contributed by atoms with Crippen LogP contribution in [0.25, 0.3) is 0 Å². The summed E-state index contributed by atoms with van der Waals surface area (Å²) in [5, 5.41) is 9.30. The third-order valence-electron chi connectivity index (χ3n) is 3.43. The minimum Gasteiger partial charge on any atom is -0.396 e. The summed E-state index contributed by atoms with van der Waals surface area (Å²) in [7, 11) is 0. The molecule has 1 saturated carbocycles. The molecule has 1 nitrogen and oxygen atoms in total. The van der Waals surface area contributed by atoms with Crippen molar-refractivity contribution < 1.29 is 5.11 Å². The largest absolute Gasteiger partial charge is 0.396 e. The van der Waals surface area contributed by atoms with Gasteiger partial charge in [-0.15, -0.1) is 0 Å². The zero-order valence-corrected chi connectivity index (χ0v) is 7.93. The van der Waals surface area contributed by atoms with E-state index in [9.17, 15) is 5.11 Å². The normalized spacial score (nSPS) is 38.5. The molecule has 0 aromatic heterocycles. The Bertz CT molecular complexity index is 131. The molecular formula is C10H20O. The molecule has 0 aromatic carbocycles. The summed E-state index contributed by atoms with van der Waals surface area (Å²) < 4.78 is 0. The Morgan fingerprint density at radius 2 is 2.18 bits per heavy atom. The van der Waals surface area contributed by atoms with Crippen LogP contribution in [0, 0.1) is 17.3 Å². The maximum atomic E-state index is 9.30.